The molecule has 3 aromatic heterocycles. The highest BCUT2D eigenvalue weighted by Crippen LogP contribution is 2.22. The molecule has 0 spiro atoms. The maximum absolute atomic E-state index is 12.1. The van der Waals surface area contributed by atoms with E-state index >= 15 is 0 Å². The van der Waals surface area contributed by atoms with Crippen LogP contribution in [0.15, 0.2) is 35.4 Å². The third-order valence-corrected chi connectivity index (χ3v) is 6.11. The van der Waals surface area contributed by atoms with Crippen LogP contribution in [0.25, 0.3) is 11.0 Å². The molecule has 0 aromatic carbocycles. The van der Waals surface area contributed by atoms with Gasteiger partial charge in [-0.25, -0.2) is 4.98 Å². The maximum atomic E-state index is 12.1. The van der Waals surface area contributed by atoms with Crippen molar-refractivity contribution >= 4 is 22.6 Å². The Kier molecular flexibility index (Phi) is 5.73. The van der Waals surface area contributed by atoms with Gasteiger partial charge in [0.2, 0.25) is 0 Å². The fourth-order valence-electron chi connectivity index (χ4n) is 4.19. The van der Waals surface area contributed by atoms with E-state index in [0.717, 1.165) is 59.6 Å². The van der Waals surface area contributed by atoms with Crippen molar-refractivity contribution in [3.8, 4) is 0 Å². The fourth-order valence-corrected chi connectivity index (χ4v) is 4.19. The lowest BCUT2D eigenvalue weighted by Crippen LogP contribution is -2.51. The van der Waals surface area contributed by atoms with Crippen molar-refractivity contribution in [2.24, 2.45) is 0 Å². The number of anilines is 1. The molecule has 162 valence electrons. The van der Waals surface area contributed by atoms with Gasteiger partial charge in [0.1, 0.15) is 5.69 Å². The van der Waals surface area contributed by atoms with Crippen LogP contribution in [0.4, 0.5) is 5.69 Å². The number of rotatable bonds is 4. The quantitative estimate of drug-likeness (QED) is 0.671. The first-order valence-corrected chi connectivity index (χ1v) is 10.5. The number of nitrogens with zero attached hydrogens (tertiary/aromatic N) is 4. The minimum Gasteiger partial charge on any atom is -0.365 e. The number of aryl methyl sites for hydroxylation is 1. The number of hydrogen-bond acceptors (Lipinski definition) is 6. The van der Waals surface area contributed by atoms with Gasteiger partial charge in [0.05, 0.1) is 22.9 Å². The highest BCUT2D eigenvalue weighted by molar-refractivity contribution is 5.92. The standard InChI is InChI=1S/C23H28N6O2/c1-14-12-28(7-8-29(14)18-5-6-19(25-11-18)23(31)24-4)13-17-9-20-21(26-10-17)15(2)16(3)22(30)27-20/h5-6,9-11,14H,7-8,12-13H2,1-4H3,(H,24,31)(H,27,30)/t14-/m1/s1. The number of amides is 1. The van der Waals surface area contributed by atoms with E-state index in [1.807, 2.05) is 32.2 Å². The zero-order chi connectivity index (χ0) is 22.1. The van der Waals surface area contributed by atoms with Crippen LogP contribution in [-0.2, 0) is 6.54 Å². The Balaban J connectivity index is 1.45. The molecule has 0 radical (unpaired) electrons. The van der Waals surface area contributed by atoms with E-state index in [1.165, 1.54) is 0 Å². The number of aromatic nitrogens is 3. The molecule has 1 fully saturated rings. The number of carbonyl (C=O) groups excluding carboxylic acids is 1. The Hall–Kier alpha value is -3.26. The average molecular weight is 421 g/mol. The Morgan fingerprint density at radius 2 is 2.00 bits per heavy atom. The van der Waals surface area contributed by atoms with Gasteiger partial charge in [-0.15, -0.1) is 0 Å². The third-order valence-electron chi connectivity index (χ3n) is 6.11. The van der Waals surface area contributed by atoms with E-state index in [4.69, 9.17) is 0 Å². The summed E-state index contributed by atoms with van der Waals surface area (Å²) in [6.45, 7) is 9.42. The van der Waals surface area contributed by atoms with Crippen LogP contribution in [0.3, 0.4) is 0 Å². The van der Waals surface area contributed by atoms with Crippen molar-refractivity contribution in [1.29, 1.82) is 0 Å². The molecule has 0 bridgehead atoms. The van der Waals surface area contributed by atoms with E-state index < -0.39 is 0 Å². The Morgan fingerprint density at radius 3 is 2.68 bits per heavy atom. The smallest absolute Gasteiger partial charge is 0.269 e. The summed E-state index contributed by atoms with van der Waals surface area (Å²) in [7, 11) is 1.60. The molecule has 31 heavy (non-hydrogen) atoms. The number of piperazine rings is 1. The molecule has 0 aliphatic carbocycles. The molecular weight excluding hydrogens is 392 g/mol. The first-order chi connectivity index (χ1) is 14.9. The summed E-state index contributed by atoms with van der Waals surface area (Å²) in [6, 6.07) is 6.06. The monoisotopic (exact) mass is 420 g/mol. The van der Waals surface area contributed by atoms with Crippen LogP contribution in [-0.4, -0.2) is 58.5 Å². The zero-order valence-corrected chi connectivity index (χ0v) is 18.4. The summed E-state index contributed by atoms with van der Waals surface area (Å²) in [5.41, 5.74) is 5.77. The van der Waals surface area contributed by atoms with Gasteiger partial charge in [-0.3, -0.25) is 19.5 Å². The number of H-pyrrole nitrogens is 1. The molecule has 1 amide bonds. The summed E-state index contributed by atoms with van der Waals surface area (Å²) >= 11 is 0. The summed E-state index contributed by atoms with van der Waals surface area (Å²) in [5, 5.41) is 2.59. The molecule has 0 unspecified atom stereocenters. The summed E-state index contributed by atoms with van der Waals surface area (Å²) in [4.78, 5) is 40.4. The van der Waals surface area contributed by atoms with Gasteiger partial charge in [-0.1, -0.05) is 0 Å². The number of aromatic amines is 1. The van der Waals surface area contributed by atoms with Gasteiger partial charge >= 0.3 is 0 Å². The molecule has 4 rings (SSSR count). The number of carbonyl (C=O) groups is 1. The molecule has 1 atom stereocenters. The zero-order valence-electron chi connectivity index (χ0n) is 18.4. The summed E-state index contributed by atoms with van der Waals surface area (Å²) < 4.78 is 0. The second-order valence-corrected chi connectivity index (χ2v) is 8.20. The molecule has 1 aliphatic rings. The second-order valence-electron chi connectivity index (χ2n) is 8.20. The number of nitrogens with one attached hydrogen (secondary N) is 2. The fraction of sp³-hybridized carbons (Fsp3) is 0.391. The number of pyridine rings is 3. The van der Waals surface area contributed by atoms with Crippen molar-refractivity contribution in [3.05, 3.63) is 63.3 Å². The largest absolute Gasteiger partial charge is 0.365 e. The number of hydrogen-bond donors (Lipinski definition) is 2. The van der Waals surface area contributed by atoms with E-state index in [2.05, 4.69) is 37.0 Å². The molecule has 1 saturated heterocycles. The van der Waals surface area contributed by atoms with Gasteiger partial charge < -0.3 is 15.2 Å². The average Bonchev–Trinajstić information content (AvgIpc) is 2.77. The SMILES string of the molecule is CNC(=O)c1ccc(N2CCN(Cc3cnc4c(C)c(C)c(=O)[nH]c4c3)C[C@H]2C)cn1. The van der Waals surface area contributed by atoms with Crippen molar-refractivity contribution in [2.45, 2.75) is 33.4 Å². The van der Waals surface area contributed by atoms with Crippen molar-refractivity contribution in [2.75, 3.05) is 31.6 Å². The molecule has 8 nitrogen and oxygen atoms in total. The molecular formula is C23H28N6O2. The highest BCUT2D eigenvalue weighted by atomic mass is 16.1. The summed E-state index contributed by atoms with van der Waals surface area (Å²) in [5.74, 6) is -0.180. The molecule has 2 N–H and O–H groups in total. The van der Waals surface area contributed by atoms with Crippen LogP contribution in [0.2, 0.25) is 0 Å². The third kappa shape index (κ3) is 4.16. The van der Waals surface area contributed by atoms with Gasteiger partial charge in [0, 0.05) is 51.0 Å². The first-order valence-electron chi connectivity index (χ1n) is 10.5. The normalized spacial score (nSPS) is 17.2. The molecule has 8 heteroatoms. The Labute approximate surface area is 181 Å². The van der Waals surface area contributed by atoms with Gasteiger partial charge in [0.25, 0.3) is 11.5 Å². The second kappa shape index (κ2) is 8.47. The van der Waals surface area contributed by atoms with Gasteiger partial charge in [-0.2, -0.15) is 0 Å². The predicted octanol–water partition coefficient (Wildman–Crippen LogP) is 2.01. The van der Waals surface area contributed by atoms with Gasteiger partial charge in [-0.05, 0) is 50.1 Å². The molecule has 1 aliphatic heterocycles. The highest BCUT2D eigenvalue weighted by Gasteiger charge is 2.24. The Morgan fingerprint density at radius 1 is 1.19 bits per heavy atom. The summed E-state index contributed by atoms with van der Waals surface area (Å²) in [6.07, 6.45) is 3.68. The van der Waals surface area contributed by atoms with Crippen LogP contribution in [0.5, 0.6) is 0 Å². The first kappa shape index (κ1) is 21.0. The van der Waals surface area contributed by atoms with E-state index in [1.54, 1.807) is 19.3 Å². The lowest BCUT2D eigenvalue weighted by atomic mass is 10.1. The van der Waals surface area contributed by atoms with E-state index in [-0.39, 0.29) is 11.5 Å². The molecule has 0 saturated carbocycles. The van der Waals surface area contributed by atoms with Crippen LogP contribution in [0.1, 0.15) is 34.1 Å². The van der Waals surface area contributed by atoms with Crippen LogP contribution in [0, 0.1) is 13.8 Å². The van der Waals surface area contributed by atoms with Crippen molar-refractivity contribution < 1.29 is 4.79 Å². The lowest BCUT2D eigenvalue weighted by molar-refractivity contribution is 0.0958. The van der Waals surface area contributed by atoms with Crippen LogP contribution >= 0.6 is 0 Å². The Bertz CT molecular complexity index is 1170. The van der Waals surface area contributed by atoms with Crippen molar-refractivity contribution in [3.63, 3.8) is 0 Å². The topological polar surface area (TPSA) is 94.2 Å². The van der Waals surface area contributed by atoms with E-state index in [9.17, 15) is 9.59 Å². The molecule has 4 heterocycles. The molecule has 3 aromatic rings. The minimum absolute atomic E-state index is 0.0535. The van der Waals surface area contributed by atoms with Crippen molar-refractivity contribution in [1.82, 2.24) is 25.2 Å². The number of fused-ring (bicyclic) bond motifs is 1. The lowest BCUT2D eigenvalue weighted by Gasteiger charge is -2.41. The predicted molar refractivity (Wildman–Crippen MR) is 122 cm³/mol. The van der Waals surface area contributed by atoms with Crippen LogP contribution < -0.4 is 15.8 Å². The van der Waals surface area contributed by atoms with E-state index in [0.29, 0.717) is 11.7 Å². The van der Waals surface area contributed by atoms with Gasteiger partial charge in [0.15, 0.2) is 0 Å². The maximum Gasteiger partial charge on any atom is 0.269 e. The minimum atomic E-state index is -0.180.